The maximum absolute atomic E-state index is 11.9. The number of amides is 1. The second-order valence-electron chi connectivity index (χ2n) is 4.73. The maximum atomic E-state index is 11.9. The maximum Gasteiger partial charge on any atom is 0.253 e. The second kappa shape index (κ2) is 4.39. The van der Waals surface area contributed by atoms with Crippen molar-refractivity contribution in [2.24, 2.45) is 0 Å². The average Bonchev–Trinajstić information content (AvgIpc) is 2.45. The highest BCUT2D eigenvalue weighted by atomic mass is 16.5. The molecule has 0 saturated carbocycles. The van der Waals surface area contributed by atoms with Crippen LogP contribution in [0.5, 0.6) is 5.75 Å². The van der Waals surface area contributed by atoms with Gasteiger partial charge in [-0.1, -0.05) is 0 Å². The lowest BCUT2D eigenvalue weighted by molar-refractivity contribution is 0.0827. The molecule has 1 aromatic heterocycles. The van der Waals surface area contributed by atoms with E-state index in [0.717, 1.165) is 22.4 Å². The lowest BCUT2D eigenvalue weighted by atomic mass is 9.97. The van der Waals surface area contributed by atoms with E-state index in [1.54, 1.807) is 31.3 Å². The van der Waals surface area contributed by atoms with Crippen molar-refractivity contribution in [1.82, 2.24) is 9.88 Å². The Bertz CT molecular complexity index is 650. The summed E-state index contributed by atoms with van der Waals surface area (Å²) in [6.45, 7) is 0.518. The minimum Gasteiger partial charge on any atom is -0.488 e. The highest BCUT2D eigenvalue weighted by Crippen LogP contribution is 2.37. The number of hydrogen-bond acceptors (Lipinski definition) is 3. The molecule has 96 valence electrons. The fourth-order valence-electron chi connectivity index (χ4n) is 2.20. The van der Waals surface area contributed by atoms with E-state index in [1.165, 1.54) is 0 Å². The number of carbonyl (C=O) groups is 1. The molecule has 4 nitrogen and oxygen atoms in total. The molecule has 19 heavy (non-hydrogen) atoms. The van der Waals surface area contributed by atoms with Gasteiger partial charge in [0.2, 0.25) is 0 Å². The van der Waals surface area contributed by atoms with E-state index in [1.807, 2.05) is 24.4 Å². The molecule has 0 aliphatic carbocycles. The largest absolute Gasteiger partial charge is 0.488 e. The average molecular weight is 254 g/mol. The van der Waals surface area contributed by atoms with Gasteiger partial charge in [0.05, 0.1) is 0 Å². The van der Waals surface area contributed by atoms with Gasteiger partial charge in [-0.05, 0) is 24.3 Å². The van der Waals surface area contributed by atoms with Crippen LogP contribution in [0, 0.1) is 0 Å². The Balaban J connectivity index is 2.08. The fourth-order valence-corrected chi connectivity index (χ4v) is 2.20. The molecule has 0 fully saturated rings. The van der Waals surface area contributed by atoms with E-state index in [9.17, 15) is 4.79 Å². The summed E-state index contributed by atoms with van der Waals surface area (Å²) in [4.78, 5) is 17.6. The van der Waals surface area contributed by atoms with E-state index in [4.69, 9.17) is 4.74 Å². The summed E-state index contributed by atoms with van der Waals surface area (Å²) >= 11 is 0. The zero-order valence-electron chi connectivity index (χ0n) is 10.9. The van der Waals surface area contributed by atoms with Crippen molar-refractivity contribution < 1.29 is 9.53 Å². The lowest BCUT2D eigenvalue weighted by Crippen LogP contribution is -2.21. The van der Waals surface area contributed by atoms with Crippen LogP contribution in [0.25, 0.3) is 11.1 Å². The number of benzene rings is 1. The van der Waals surface area contributed by atoms with Gasteiger partial charge >= 0.3 is 0 Å². The molecule has 0 spiro atoms. The van der Waals surface area contributed by atoms with Gasteiger partial charge in [-0.25, -0.2) is 0 Å². The number of rotatable bonds is 1. The number of aromatic nitrogens is 1. The van der Waals surface area contributed by atoms with Crippen molar-refractivity contribution in [2.75, 3.05) is 14.1 Å². The SMILES string of the molecule is CN(C)C(=O)c1ccc2c(c1)OCc1ccncc1-2. The van der Waals surface area contributed by atoms with Crippen LogP contribution >= 0.6 is 0 Å². The molecule has 1 aromatic carbocycles. The molecule has 0 N–H and O–H groups in total. The van der Waals surface area contributed by atoms with E-state index >= 15 is 0 Å². The predicted octanol–water partition coefficient (Wildman–Crippen LogP) is 2.34. The Morgan fingerprint density at radius 3 is 2.89 bits per heavy atom. The summed E-state index contributed by atoms with van der Waals surface area (Å²) in [5, 5.41) is 0. The minimum atomic E-state index is -0.0246. The van der Waals surface area contributed by atoms with Gasteiger partial charge in [0.15, 0.2) is 0 Å². The summed E-state index contributed by atoms with van der Waals surface area (Å²) in [6, 6.07) is 7.50. The van der Waals surface area contributed by atoms with E-state index in [2.05, 4.69) is 4.98 Å². The van der Waals surface area contributed by atoms with Crippen LogP contribution in [-0.4, -0.2) is 29.9 Å². The molecular formula is C15H14N2O2. The van der Waals surface area contributed by atoms with Gasteiger partial charge in [-0.3, -0.25) is 9.78 Å². The van der Waals surface area contributed by atoms with Gasteiger partial charge in [-0.2, -0.15) is 0 Å². The molecule has 0 radical (unpaired) electrons. The topological polar surface area (TPSA) is 42.4 Å². The number of pyridine rings is 1. The van der Waals surface area contributed by atoms with Crippen molar-refractivity contribution >= 4 is 5.91 Å². The molecule has 1 amide bonds. The third-order valence-corrected chi connectivity index (χ3v) is 3.22. The Morgan fingerprint density at radius 2 is 2.11 bits per heavy atom. The Hall–Kier alpha value is -2.36. The van der Waals surface area contributed by atoms with Crippen molar-refractivity contribution in [2.45, 2.75) is 6.61 Å². The highest BCUT2D eigenvalue weighted by Gasteiger charge is 2.19. The van der Waals surface area contributed by atoms with Crippen molar-refractivity contribution in [3.63, 3.8) is 0 Å². The van der Waals surface area contributed by atoms with Gasteiger partial charge < -0.3 is 9.64 Å². The van der Waals surface area contributed by atoms with Gasteiger partial charge in [0, 0.05) is 48.7 Å². The number of nitrogens with zero attached hydrogens (tertiary/aromatic N) is 2. The Kier molecular flexibility index (Phi) is 2.71. The Morgan fingerprint density at radius 1 is 1.26 bits per heavy atom. The number of fused-ring (bicyclic) bond motifs is 3. The van der Waals surface area contributed by atoms with Crippen LogP contribution in [-0.2, 0) is 6.61 Å². The number of ether oxygens (including phenoxy) is 1. The van der Waals surface area contributed by atoms with Gasteiger partial charge in [0.25, 0.3) is 5.91 Å². The normalized spacial score (nSPS) is 12.1. The first-order valence-electron chi connectivity index (χ1n) is 6.08. The second-order valence-corrected chi connectivity index (χ2v) is 4.73. The quantitative estimate of drug-likeness (QED) is 0.784. The van der Waals surface area contributed by atoms with Crippen LogP contribution in [0.1, 0.15) is 15.9 Å². The molecule has 0 unspecified atom stereocenters. The lowest BCUT2D eigenvalue weighted by Gasteiger charge is -2.21. The first-order valence-corrected chi connectivity index (χ1v) is 6.08. The van der Waals surface area contributed by atoms with Crippen LogP contribution in [0.2, 0.25) is 0 Å². The Labute approximate surface area is 111 Å². The predicted molar refractivity (Wildman–Crippen MR) is 72.0 cm³/mol. The number of carbonyl (C=O) groups excluding carboxylic acids is 1. The molecule has 0 atom stereocenters. The zero-order chi connectivity index (χ0) is 13.4. The molecule has 0 bridgehead atoms. The van der Waals surface area contributed by atoms with E-state index in [-0.39, 0.29) is 5.91 Å². The van der Waals surface area contributed by atoms with Crippen LogP contribution in [0.4, 0.5) is 0 Å². The summed E-state index contributed by atoms with van der Waals surface area (Å²) < 4.78 is 5.72. The molecule has 0 saturated heterocycles. The molecule has 2 aromatic rings. The first-order chi connectivity index (χ1) is 9.16. The minimum absolute atomic E-state index is 0.0246. The standard InChI is InChI=1S/C15H14N2O2/c1-17(2)15(18)10-3-4-12-13-8-16-6-5-11(13)9-19-14(12)7-10/h3-8H,9H2,1-2H3. The number of hydrogen-bond donors (Lipinski definition) is 0. The fraction of sp³-hybridized carbons (Fsp3) is 0.200. The van der Waals surface area contributed by atoms with Crippen LogP contribution in [0.15, 0.2) is 36.7 Å². The van der Waals surface area contributed by atoms with Crippen molar-refractivity contribution in [3.8, 4) is 16.9 Å². The summed E-state index contributed by atoms with van der Waals surface area (Å²) in [5.74, 6) is 0.719. The molecule has 1 aliphatic heterocycles. The molecule has 4 heteroatoms. The first kappa shape index (κ1) is 11.7. The van der Waals surface area contributed by atoms with E-state index < -0.39 is 0 Å². The monoisotopic (exact) mass is 254 g/mol. The zero-order valence-corrected chi connectivity index (χ0v) is 10.9. The molecule has 3 rings (SSSR count). The van der Waals surface area contributed by atoms with Crippen LogP contribution in [0.3, 0.4) is 0 Å². The molecule has 2 heterocycles. The summed E-state index contributed by atoms with van der Waals surface area (Å²) in [5.41, 5.74) is 3.82. The smallest absolute Gasteiger partial charge is 0.253 e. The molecular weight excluding hydrogens is 240 g/mol. The van der Waals surface area contributed by atoms with E-state index in [0.29, 0.717) is 12.2 Å². The highest BCUT2D eigenvalue weighted by molar-refractivity contribution is 5.95. The van der Waals surface area contributed by atoms with Crippen molar-refractivity contribution in [3.05, 3.63) is 47.8 Å². The van der Waals surface area contributed by atoms with Crippen LogP contribution < -0.4 is 4.74 Å². The van der Waals surface area contributed by atoms with Crippen molar-refractivity contribution in [1.29, 1.82) is 0 Å². The third-order valence-electron chi connectivity index (χ3n) is 3.22. The van der Waals surface area contributed by atoms with Gasteiger partial charge in [-0.15, -0.1) is 0 Å². The third kappa shape index (κ3) is 1.95. The molecule has 1 aliphatic rings. The summed E-state index contributed by atoms with van der Waals surface area (Å²) in [7, 11) is 3.48. The summed E-state index contributed by atoms with van der Waals surface area (Å²) in [6.07, 6.45) is 3.60. The van der Waals surface area contributed by atoms with Gasteiger partial charge in [0.1, 0.15) is 12.4 Å².